The average molecular weight is 654 g/mol. The number of nitrogens with two attached hydrogens (primary N) is 1. The molecule has 0 unspecified atom stereocenters. The first kappa shape index (κ1) is 37.4. The van der Waals surface area contributed by atoms with Crippen LogP contribution >= 0.6 is 24.0 Å². The molecule has 0 aromatic heterocycles. The summed E-state index contributed by atoms with van der Waals surface area (Å²) in [5.74, 6) is -51.7. The monoisotopic (exact) mass is 654 g/mol. The number of carbonyl (C=O) groups excluding carboxylic acids is 1. The van der Waals surface area contributed by atoms with Crippen molar-refractivity contribution in [3.05, 3.63) is 12.3 Å². The van der Waals surface area contributed by atoms with Crippen molar-refractivity contribution in [3.63, 3.8) is 0 Å². The number of rotatable bonds is 9. The Kier molecular flexibility index (Phi) is 12.4. The molecule has 3 nitrogen and oxygen atoms in total. The second-order valence-electron chi connectivity index (χ2n) is 6.29. The van der Waals surface area contributed by atoms with E-state index < -0.39 is 53.2 Å². The van der Waals surface area contributed by atoms with Crippen LogP contribution in [0.15, 0.2) is 12.3 Å². The Bertz CT molecular complexity index is 702. The van der Waals surface area contributed by atoms with E-state index in [0.717, 1.165) is 13.1 Å². The third-order valence-electron chi connectivity index (χ3n) is 3.98. The Balaban J connectivity index is -0.00000121. The van der Waals surface area contributed by atoms with Gasteiger partial charge >= 0.3 is 41.7 Å². The zero-order valence-corrected chi connectivity index (χ0v) is 19.5. The molecule has 19 heteroatoms. The van der Waals surface area contributed by atoms with Gasteiger partial charge in [-0.15, -0.1) is 24.0 Å². The van der Waals surface area contributed by atoms with Crippen LogP contribution in [-0.4, -0.2) is 72.5 Å². The summed E-state index contributed by atoms with van der Waals surface area (Å²) >= 11 is 0. The van der Waals surface area contributed by atoms with Gasteiger partial charge in [0.25, 0.3) is 5.78 Å². The van der Waals surface area contributed by atoms with E-state index in [1.54, 1.807) is 0 Å². The minimum Gasteiger partial charge on any atom is -0.396 e. The Hall–Kier alpha value is -1.15. The maximum atomic E-state index is 13.1. The minimum atomic E-state index is -8.44. The first-order valence-electron chi connectivity index (χ1n) is 8.17. The summed E-state index contributed by atoms with van der Waals surface area (Å²) in [5.41, 5.74) is 2.00. The lowest BCUT2D eigenvalue weighted by Crippen LogP contribution is -2.73. The van der Waals surface area contributed by atoms with Crippen molar-refractivity contribution in [2.24, 2.45) is 5.73 Å². The molecule has 0 aliphatic rings. The van der Waals surface area contributed by atoms with E-state index >= 15 is 0 Å². The highest BCUT2D eigenvalue weighted by Crippen LogP contribution is 2.62. The summed E-state index contributed by atoms with van der Waals surface area (Å²) in [6, 6.07) is 0. The van der Waals surface area contributed by atoms with Gasteiger partial charge in [-0.2, -0.15) is 65.9 Å². The van der Waals surface area contributed by atoms with Crippen LogP contribution in [0.2, 0.25) is 0 Å². The zero-order chi connectivity index (χ0) is 27.6. The number of hydrogen-bond donors (Lipinski definition) is 1. The minimum absolute atomic E-state index is 0. The van der Waals surface area contributed by atoms with E-state index in [2.05, 4.69) is 38.1 Å². The van der Waals surface area contributed by atoms with Crippen LogP contribution in [0.25, 0.3) is 0 Å². The Morgan fingerprint density at radius 3 is 1.15 bits per heavy atom. The van der Waals surface area contributed by atoms with Crippen LogP contribution in [0.3, 0.4) is 0 Å². The molecule has 0 aliphatic carbocycles. The summed E-state index contributed by atoms with van der Waals surface area (Å²) in [6.07, 6.45) is -7.69. The maximum Gasteiger partial charge on any atom is 0.460 e. The maximum absolute atomic E-state index is 13.1. The molecule has 0 atom stereocenters. The lowest BCUT2D eigenvalue weighted by Gasteiger charge is -2.41. The van der Waals surface area contributed by atoms with Gasteiger partial charge in [-0.25, -0.2) is 0 Å². The molecule has 0 saturated heterocycles. The molecule has 0 fully saturated rings. The van der Waals surface area contributed by atoms with Gasteiger partial charge in [0.05, 0.1) is 5.70 Å². The molecule has 2 N–H and O–H groups in total. The number of hydrogen-bond acceptors (Lipinski definition) is 3. The number of nitrogens with zero attached hydrogens (tertiary/aromatic N) is 1. The molecule has 0 bridgehead atoms. The largest absolute Gasteiger partial charge is 0.460 e. The van der Waals surface area contributed by atoms with E-state index in [1.807, 2.05) is 0 Å². The number of Topliss-reactive ketones (excluding diaryl/α,β-unsaturated/α-hetero) is 1. The van der Waals surface area contributed by atoms with Crippen LogP contribution in [0.1, 0.15) is 13.8 Å². The number of halogens is 16. The van der Waals surface area contributed by atoms with E-state index in [4.69, 9.17) is 0 Å². The molecule has 0 heterocycles. The Morgan fingerprint density at radius 1 is 0.676 bits per heavy atom. The number of ketones is 1. The Labute approximate surface area is 199 Å². The fraction of sp³-hybridized carbons (Fsp3) is 0.800. The molecule has 0 radical (unpaired) electrons. The van der Waals surface area contributed by atoms with E-state index in [0.29, 0.717) is 0 Å². The van der Waals surface area contributed by atoms with Crippen LogP contribution in [0.5, 0.6) is 0 Å². The quantitative estimate of drug-likeness (QED) is 0.189. The predicted octanol–water partition coefficient (Wildman–Crippen LogP) is 5.98. The number of alkyl halides is 15. The highest BCUT2D eigenvalue weighted by Gasteiger charge is 2.93. The fourth-order valence-electron chi connectivity index (χ4n) is 1.53. The molecule has 0 aromatic rings. The van der Waals surface area contributed by atoms with Crippen molar-refractivity contribution in [2.75, 3.05) is 20.1 Å². The summed E-state index contributed by atoms with van der Waals surface area (Å²) in [5, 5.41) is 0. The molecule has 0 aromatic carbocycles. The summed E-state index contributed by atoms with van der Waals surface area (Å²) in [4.78, 5) is 12.9. The SMILES string of the molecule is C=C(N)C(=O)C(F)(F)C(F)(F)C(F)(F)C(F)(F)C(F)(F)C(F)(F)C(F)(F)F.CCN(C)CC.I. The van der Waals surface area contributed by atoms with Crippen LogP contribution in [-0.2, 0) is 4.79 Å². The molecule has 0 aliphatic heterocycles. The molecule has 34 heavy (non-hydrogen) atoms. The van der Waals surface area contributed by atoms with Crippen molar-refractivity contribution in [1.82, 2.24) is 4.90 Å². The molecule has 206 valence electrons. The molecule has 0 rings (SSSR count). The smallest absolute Gasteiger partial charge is 0.396 e. The van der Waals surface area contributed by atoms with Crippen LogP contribution in [0, 0.1) is 0 Å². The van der Waals surface area contributed by atoms with Crippen molar-refractivity contribution in [3.8, 4) is 0 Å². The summed E-state index contributed by atoms with van der Waals surface area (Å²) < 4.78 is 191. The number of carbonyl (C=O) groups is 1. The van der Waals surface area contributed by atoms with Crippen molar-refractivity contribution in [2.45, 2.75) is 55.6 Å². The fourth-order valence-corrected chi connectivity index (χ4v) is 1.53. The van der Waals surface area contributed by atoms with Gasteiger partial charge in [0, 0.05) is 0 Å². The van der Waals surface area contributed by atoms with Gasteiger partial charge in [-0.05, 0) is 20.1 Å². The number of allylic oxidation sites excluding steroid dienone is 1. The summed E-state index contributed by atoms with van der Waals surface area (Å²) in [7, 11) is 2.11. The molecular weight excluding hydrogens is 636 g/mol. The Morgan fingerprint density at radius 2 is 0.941 bits per heavy atom. The first-order chi connectivity index (χ1) is 14.2. The molecular formula is C15H18F15IN2O. The highest BCUT2D eigenvalue weighted by molar-refractivity contribution is 14.0. The second kappa shape index (κ2) is 11.3. The predicted molar refractivity (Wildman–Crippen MR) is 98.3 cm³/mol. The molecule has 0 saturated carbocycles. The van der Waals surface area contributed by atoms with Crippen molar-refractivity contribution < 1.29 is 70.7 Å². The standard InChI is InChI=1S/C10H4F15NO.C5H13N.HI/c1-2(26)3(27)4(11,12)5(13,14)6(15,16)7(17,18)8(19,20)9(21,22)10(23,24)25;1-4-6(3)5-2;/h1,26H2;4-5H2,1-3H3;1H. The molecule has 0 amide bonds. The summed E-state index contributed by atoms with van der Waals surface area (Å²) in [6.45, 7) is 8.70. The van der Waals surface area contributed by atoms with E-state index in [-0.39, 0.29) is 24.0 Å². The lowest BCUT2D eigenvalue weighted by atomic mass is 9.89. The van der Waals surface area contributed by atoms with Gasteiger partial charge in [0.1, 0.15) is 0 Å². The van der Waals surface area contributed by atoms with Gasteiger partial charge in [-0.1, -0.05) is 20.4 Å². The van der Waals surface area contributed by atoms with E-state index in [1.165, 1.54) is 0 Å². The average Bonchev–Trinajstić information content (AvgIpc) is 2.65. The first-order valence-corrected chi connectivity index (χ1v) is 8.17. The van der Waals surface area contributed by atoms with E-state index in [9.17, 15) is 70.7 Å². The second-order valence-corrected chi connectivity index (χ2v) is 6.29. The highest BCUT2D eigenvalue weighted by atomic mass is 127. The lowest BCUT2D eigenvalue weighted by molar-refractivity contribution is -0.449. The third kappa shape index (κ3) is 6.15. The zero-order valence-electron chi connectivity index (χ0n) is 17.1. The van der Waals surface area contributed by atoms with Gasteiger partial charge < -0.3 is 10.6 Å². The van der Waals surface area contributed by atoms with Gasteiger partial charge in [0.2, 0.25) is 0 Å². The topological polar surface area (TPSA) is 46.3 Å². The van der Waals surface area contributed by atoms with Crippen molar-refractivity contribution >= 4 is 29.8 Å². The molecule has 0 spiro atoms. The van der Waals surface area contributed by atoms with Crippen LogP contribution < -0.4 is 5.73 Å². The van der Waals surface area contributed by atoms with Gasteiger partial charge in [0.15, 0.2) is 0 Å². The van der Waals surface area contributed by atoms with Crippen molar-refractivity contribution in [1.29, 1.82) is 0 Å². The third-order valence-corrected chi connectivity index (χ3v) is 3.98. The van der Waals surface area contributed by atoms with Gasteiger partial charge in [-0.3, -0.25) is 4.79 Å². The van der Waals surface area contributed by atoms with Crippen LogP contribution in [0.4, 0.5) is 65.9 Å². The normalized spacial score (nSPS) is 14.2.